The Balaban J connectivity index is 0.000000146. The minimum Gasteiger partial charge on any atom is -0.206 e. The second kappa shape index (κ2) is 32.3. The summed E-state index contributed by atoms with van der Waals surface area (Å²) in [6.45, 7) is 47.3. The van der Waals surface area contributed by atoms with Crippen LogP contribution in [-0.2, 0) is 28.2 Å². The van der Waals surface area contributed by atoms with E-state index in [0.29, 0.717) is 46.9 Å². The molecule has 14 aromatic rings. The van der Waals surface area contributed by atoms with E-state index in [1.54, 1.807) is 12.1 Å². The van der Waals surface area contributed by atoms with E-state index in [1.165, 1.54) is 144 Å². The Morgan fingerprint density at radius 1 is 0.269 bits per heavy atom. The zero-order valence-electron chi connectivity index (χ0n) is 71.2. The van der Waals surface area contributed by atoms with Crippen molar-refractivity contribution in [3.8, 4) is 67.3 Å². The van der Waals surface area contributed by atoms with Gasteiger partial charge in [-0.3, -0.25) is 0 Å². The molecule has 0 saturated carbocycles. The Bertz CT molecular complexity index is 5920. The first-order chi connectivity index (χ1) is 52.0. The molecule has 0 saturated heterocycles. The van der Waals surface area contributed by atoms with E-state index in [0.717, 1.165) is 55.9 Å². The van der Waals surface area contributed by atoms with Crippen LogP contribution in [0, 0.1) is 109 Å². The van der Waals surface area contributed by atoms with E-state index in [-0.39, 0.29) is 11.6 Å². The Morgan fingerprint density at radius 3 is 1.00 bits per heavy atom. The molecule has 0 amide bonds. The Morgan fingerprint density at radius 2 is 0.620 bits per heavy atom. The summed E-state index contributed by atoms with van der Waals surface area (Å²) in [5.74, 6) is 1.71. The zero-order valence-corrected chi connectivity index (χ0v) is 69.2. The fourth-order valence-corrected chi connectivity index (χ4v) is 15.7. The molecule has 4 heterocycles. The predicted octanol–water partition coefficient (Wildman–Crippen LogP) is 25.7. The number of benzene rings is 10. The molecule has 0 aliphatic heterocycles. The number of aromatic nitrogens is 4. The van der Waals surface area contributed by atoms with Gasteiger partial charge in [-0.25, -0.2) is 8.78 Å². The van der Waals surface area contributed by atoms with Gasteiger partial charge in [-0.15, -0.1) is 0 Å². The molecule has 0 unspecified atom stereocenters. The number of nitrogens with zero attached hydrogens (tertiary/aromatic N) is 4. The highest BCUT2D eigenvalue weighted by Gasteiger charge is 2.29. The first-order valence-electron chi connectivity index (χ1n) is 39.6. The van der Waals surface area contributed by atoms with Crippen molar-refractivity contribution in [3.05, 3.63) is 306 Å². The van der Waals surface area contributed by atoms with E-state index in [9.17, 15) is 8.78 Å². The van der Waals surface area contributed by atoms with Crippen LogP contribution in [0.3, 0.4) is 0 Å². The number of pyridine rings is 4. The van der Waals surface area contributed by atoms with Crippen LogP contribution in [-0.4, -0.2) is 0 Å². The average Bonchev–Trinajstić information content (AvgIpc) is 0.763. The van der Waals surface area contributed by atoms with Crippen LogP contribution in [0.15, 0.2) is 194 Å². The zero-order chi connectivity index (χ0) is 80.1. The van der Waals surface area contributed by atoms with Gasteiger partial charge in [0.05, 0.1) is 35.4 Å². The molecule has 0 fully saturated rings. The van der Waals surface area contributed by atoms with Crippen LogP contribution in [0.1, 0.15) is 182 Å². The maximum Gasteiger partial charge on any atom is 0.220 e. The molecule has 108 heavy (non-hydrogen) atoms. The maximum atomic E-state index is 14.9. The van der Waals surface area contributed by atoms with Crippen molar-refractivity contribution >= 4 is 43.1 Å². The lowest BCUT2D eigenvalue weighted by Crippen LogP contribution is -2.36. The van der Waals surface area contributed by atoms with E-state index in [2.05, 4.69) is 285 Å². The molecular formula is C102H114F2N4+4. The number of hydrogen-bond donors (Lipinski definition) is 0. The molecule has 0 aliphatic rings. The fourth-order valence-electron chi connectivity index (χ4n) is 15.7. The van der Waals surface area contributed by atoms with Gasteiger partial charge in [0.2, 0.25) is 22.8 Å². The van der Waals surface area contributed by atoms with Crippen molar-refractivity contribution < 1.29 is 29.8 Å². The van der Waals surface area contributed by atoms with Gasteiger partial charge in [-0.1, -0.05) is 195 Å². The minimum atomic E-state index is -0.180. The summed E-state index contributed by atoms with van der Waals surface area (Å²) < 4.78 is 54.6. The SMILES string of the molecule is Cc1cc(-c2c3ccc(C(C)C)cc3c(C)c(C)[n+]2C)c(C)c(C)c1F.Cc1cc(-c2ccccc2)ccc1-c1c2ccc(C(C)C)cc2c(C)c(C)[n+]1C.Cc1cc(F)c(-c2ccccc2)cc1-c1c2ccc(C(C)C)cc2c(C)c(C)[n+]1C.[2H]c1cc([2H])c(C)c(-c2c3ccc(C(C)C)cc3c(C)c(C)[n+]2C)c1. The molecule has 4 aromatic heterocycles. The standard InChI is InChI=1S/C28H29FN.C28H30N.C24H29FN.C22H26N/c1-17(2)22-12-13-23-25(15-22)19(4)20(5)30(6)28(23)24-16-26(27(29)14-18(24)3)21-10-8-7-9-11-21;1-18(2)23-12-15-26-27(17-23)20(4)21(5)29(6)28(26)25-14-13-24(16-19(25)3)22-10-8-7-9-11-22;1-13(2)19-9-10-20-21(12-19)17(6)18(7)26(8)24(20)22-11-14(3)23(25)16(5)15(22)4;1-14(2)18-11-12-20-21(13-18)16(4)17(5)23(6)22(20)19-10-8-7-9-15(19)3/h7-17H,1-6H3;7-18H,1-6H3;9-13H,1-8H3;7-14H,1-6H3/q4*+1/i;;;8D,9D. The van der Waals surface area contributed by atoms with Gasteiger partial charge in [0.1, 0.15) is 39.8 Å². The van der Waals surface area contributed by atoms with Crippen LogP contribution in [0.5, 0.6) is 0 Å². The van der Waals surface area contributed by atoms with Crippen LogP contribution in [0.4, 0.5) is 8.78 Å². The third-order valence-electron chi connectivity index (χ3n) is 23.8. The average molecular weight is 1440 g/mol. The van der Waals surface area contributed by atoms with E-state index >= 15 is 0 Å². The van der Waals surface area contributed by atoms with Crippen LogP contribution in [0.25, 0.3) is 110 Å². The molecule has 0 N–H and O–H groups in total. The van der Waals surface area contributed by atoms with Crippen molar-refractivity contribution in [2.45, 2.75) is 176 Å². The summed E-state index contributed by atoms with van der Waals surface area (Å²) in [7, 11) is 8.49. The number of fused-ring (bicyclic) bond motifs is 4. The highest BCUT2D eigenvalue weighted by atomic mass is 19.1. The Labute approximate surface area is 646 Å². The third kappa shape index (κ3) is 15.2. The maximum absolute atomic E-state index is 14.9. The lowest BCUT2D eigenvalue weighted by atomic mass is 9.90. The molecular weight excluding hydrogens is 1320 g/mol. The fraction of sp³-hybridized carbons (Fsp3) is 0.294. The summed E-state index contributed by atoms with van der Waals surface area (Å²) in [6, 6.07) is 64.5. The smallest absolute Gasteiger partial charge is 0.206 e. The monoisotopic (exact) mass is 1430 g/mol. The van der Waals surface area contributed by atoms with Crippen molar-refractivity contribution in [1.29, 1.82) is 0 Å². The highest BCUT2D eigenvalue weighted by molar-refractivity contribution is 6.00. The summed E-state index contributed by atoms with van der Waals surface area (Å²) in [5.41, 5.74) is 34.5. The second-order valence-electron chi connectivity index (χ2n) is 31.7. The van der Waals surface area contributed by atoms with Gasteiger partial charge in [-0.2, -0.15) is 18.3 Å². The van der Waals surface area contributed by atoms with Crippen LogP contribution in [0.2, 0.25) is 0 Å². The van der Waals surface area contributed by atoms with Crippen LogP contribution < -0.4 is 18.3 Å². The Kier molecular flexibility index (Phi) is 22.7. The molecule has 552 valence electrons. The second-order valence-corrected chi connectivity index (χ2v) is 31.7. The van der Waals surface area contributed by atoms with Gasteiger partial charge in [0.25, 0.3) is 0 Å². The lowest BCUT2D eigenvalue weighted by Gasteiger charge is -2.16. The molecule has 14 rings (SSSR count). The van der Waals surface area contributed by atoms with Crippen molar-refractivity contribution in [2.24, 2.45) is 28.2 Å². The van der Waals surface area contributed by atoms with Crippen molar-refractivity contribution in [3.63, 3.8) is 0 Å². The van der Waals surface area contributed by atoms with Gasteiger partial charge >= 0.3 is 0 Å². The van der Waals surface area contributed by atoms with E-state index in [4.69, 9.17) is 2.74 Å². The largest absolute Gasteiger partial charge is 0.220 e. The first kappa shape index (κ1) is 75.9. The van der Waals surface area contributed by atoms with Gasteiger partial charge in [-0.05, 0) is 241 Å². The van der Waals surface area contributed by atoms with Gasteiger partial charge < -0.3 is 0 Å². The molecule has 0 aliphatic carbocycles. The highest BCUT2D eigenvalue weighted by Crippen LogP contribution is 2.41. The van der Waals surface area contributed by atoms with E-state index < -0.39 is 0 Å². The molecule has 0 atom stereocenters. The first-order valence-corrected chi connectivity index (χ1v) is 38.6. The quantitative estimate of drug-likeness (QED) is 0.121. The van der Waals surface area contributed by atoms with Crippen molar-refractivity contribution in [1.82, 2.24) is 0 Å². The van der Waals surface area contributed by atoms with Gasteiger partial charge in [0.15, 0.2) is 22.8 Å². The topological polar surface area (TPSA) is 15.5 Å². The normalized spacial score (nSPS) is 11.7. The molecule has 10 aromatic carbocycles. The minimum absolute atomic E-state index is 0.0934. The molecule has 0 bridgehead atoms. The predicted molar refractivity (Wildman–Crippen MR) is 456 cm³/mol. The number of hydrogen-bond acceptors (Lipinski definition) is 0. The molecule has 0 spiro atoms. The number of halogens is 2. The summed E-state index contributed by atoms with van der Waals surface area (Å²) >= 11 is 0. The summed E-state index contributed by atoms with van der Waals surface area (Å²) in [6.07, 6.45) is 0. The number of aryl methyl sites for hydroxylation is 7. The molecule has 4 nitrogen and oxygen atoms in total. The molecule has 0 radical (unpaired) electrons. The van der Waals surface area contributed by atoms with E-state index in [1.807, 2.05) is 83.1 Å². The summed E-state index contributed by atoms with van der Waals surface area (Å²) in [5, 5.41) is 10.1. The van der Waals surface area contributed by atoms with Crippen molar-refractivity contribution in [2.75, 3.05) is 0 Å². The summed E-state index contributed by atoms with van der Waals surface area (Å²) in [4.78, 5) is 0. The van der Waals surface area contributed by atoms with Crippen LogP contribution >= 0.6 is 0 Å². The Hall–Kier alpha value is -10.3. The van der Waals surface area contributed by atoms with Gasteiger partial charge in [0, 0.05) is 66.6 Å². The third-order valence-corrected chi connectivity index (χ3v) is 23.8. The lowest BCUT2D eigenvalue weighted by molar-refractivity contribution is -0.666. The molecule has 6 heteroatoms. The number of rotatable bonds is 10.